The minimum Gasteiger partial charge on any atom is -0.386 e. The summed E-state index contributed by atoms with van der Waals surface area (Å²) < 4.78 is 65.4. The van der Waals surface area contributed by atoms with Crippen molar-refractivity contribution >= 4 is 46.8 Å². The number of phosphoric ester groups is 1. The molecule has 0 amide bonds. The number of hydrogen-bond donors (Lipinski definition) is 7. The van der Waals surface area contributed by atoms with Crippen LogP contribution in [0, 0.1) is 23.4 Å². The molecule has 0 radical (unpaired) electrons. The number of phosphoric acid groups is 3. The summed E-state index contributed by atoms with van der Waals surface area (Å²) in [6.45, 7) is -0.758. The molecule has 17 nitrogen and oxygen atoms in total. The second-order valence-electron chi connectivity index (χ2n) is 7.10. The van der Waals surface area contributed by atoms with E-state index in [1.165, 1.54) is 0 Å². The summed E-state index contributed by atoms with van der Waals surface area (Å²) in [4.78, 5) is 46.9. The summed E-state index contributed by atoms with van der Waals surface area (Å²) in [5, 5.41) is 21.8. The molecule has 0 aromatic carbocycles. The van der Waals surface area contributed by atoms with Crippen LogP contribution in [0.2, 0.25) is 0 Å². The van der Waals surface area contributed by atoms with Crippen molar-refractivity contribution in [2.45, 2.75) is 31.0 Å². The predicted molar refractivity (Wildman–Crippen MR) is 116 cm³/mol. The molecule has 1 saturated heterocycles. The Labute approximate surface area is 205 Å². The zero-order chi connectivity index (χ0) is 27.1. The van der Waals surface area contributed by atoms with E-state index in [1.807, 2.05) is 5.92 Å². The fourth-order valence-electron chi connectivity index (χ4n) is 3.19. The fraction of sp³-hybridized carbons (Fsp3) is 0.500. The summed E-state index contributed by atoms with van der Waals surface area (Å²) in [5.41, 5.74) is -2.21. The highest BCUT2D eigenvalue weighted by Crippen LogP contribution is 2.66. The Hall–Kier alpha value is -1.45. The molecule has 36 heavy (non-hydrogen) atoms. The van der Waals surface area contributed by atoms with Crippen LogP contribution in [0.15, 0.2) is 6.33 Å². The van der Waals surface area contributed by atoms with Gasteiger partial charge in [-0.3, -0.25) is 9.09 Å². The minimum atomic E-state index is -5.79. The molecule has 0 saturated carbocycles. The summed E-state index contributed by atoms with van der Waals surface area (Å²) in [7, 11) is -17.0. The second-order valence-corrected chi connectivity index (χ2v) is 11.9. The molecule has 3 heterocycles. The molecule has 0 bridgehead atoms. The Balaban J connectivity index is 1.89. The monoisotopic (exact) mass is 594 g/mol. The highest BCUT2D eigenvalue weighted by molar-refractivity contribution is 7.71. The topological polar surface area (TPSA) is 256 Å². The molecule has 200 valence electrons. The van der Waals surface area contributed by atoms with E-state index in [-0.39, 0.29) is 15.8 Å². The quantitative estimate of drug-likeness (QED) is 0.121. The number of alkyl halides is 1. The number of aliphatic hydroxyl groups excluding tert-OH is 1. The van der Waals surface area contributed by atoms with Gasteiger partial charge in [-0.05, 0) is 6.92 Å². The molecule has 22 heteroatoms. The number of aryl methyl sites for hydroxylation is 1. The minimum absolute atomic E-state index is 0.0844. The Morgan fingerprint density at radius 2 is 1.94 bits per heavy atom. The van der Waals surface area contributed by atoms with Crippen molar-refractivity contribution in [1.29, 1.82) is 0 Å². The number of nitrogens with one attached hydrogen (secondary N) is 1. The lowest BCUT2D eigenvalue weighted by atomic mass is 9.94. The van der Waals surface area contributed by atoms with Gasteiger partial charge >= 0.3 is 23.5 Å². The van der Waals surface area contributed by atoms with E-state index < -0.39 is 60.8 Å². The van der Waals surface area contributed by atoms with Gasteiger partial charge in [-0.15, -0.1) is 0 Å². The lowest BCUT2D eigenvalue weighted by Gasteiger charge is -2.26. The first-order valence-corrected chi connectivity index (χ1v) is 14.2. The molecule has 3 unspecified atom stereocenters. The molecular weight excluding hydrogens is 576 g/mol. The third-order valence-electron chi connectivity index (χ3n) is 4.47. The number of rotatable bonds is 8. The third kappa shape index (κ3) is 6.51. The van der Waals surface area contributed by atoms with E-state index >= 15 is 0 Å². The average Bonchev–Trinajstić information content (AvgIpc) is 3.22. The van der Waals surface area contributed by atoms with E-state index in [4.69, 9.17) is 26.7 Å². The van der Waals surface area contributed by atoms with Crippen LogP contribution in [0.3, 0.4) is 0 Å². The van der Waals surface area contributed by atoms with Gasteiger partial charge in [0.05, 0.1) is 12.9 Å². The Morgan fingerprint density at radius 1 is 1.28 bits per heavy atom. The van der Waals surface area contributed by atoms with E-state index in [0.29, 0.717) is 5.82 Å². The normalized spacial score (nSPS) is 27.8. The van der Waals surface area contributed by atoms with E-state index in [2.05, 4.69) is 34.0 Å². The largest absolute Gasteiger partial charge is 0.490 e. The molecule has 1 aliphatic rings. The Bertz CT molecular complexity index is 1420. The van der Waals surface area contributed by atoms with E-state index in [0.717, 1.165) is 10.9 Å². The highest BCUT2D eigenvalue weighted by Gasteiger charge is 2.57. The van der Waals surface area contributed by atoms with E-state index in [9.17, 15) is 38.1 Å². The van der Waals surface area contributed by atoms with Crippen molar-refractivity contribution in [2.24, 2.45) is 0 Å². The molecule has 7 N–H and O–H groups in total. The van der Waals surface area contributed by atoms with Gasteiger partial charge in [-0.1, -0.05) is 24.1 Å². The Kier molecular flexibility index (Phi) is 8.38. The fourth-order valence-corrected chi connectivity index (χ4v) is 6.50. The standard InChI is InChI=1S/C14H18FN4O13P3S/c1-7-17-11-9(12(36)18-7)16-6-19(11)13-14(21,3-2-4-15)10(20)8(30-13)5-29-34(25,26)32-35(27,28)31-33(22,23)24/h6,8,10,13,20-21H,4-5H2,1H3,(H,25,26)(H,27,28)(H,17,18,36)(H2,22,23,24)/t8-,10+,13-,14?/m1/s1. The summed E-state index contributed by atoms with van der Waals surface area (Å²) >= 11 is 5.13. The smallest absolute Gasteiger partial charge is 0.386 e. The lowest BCUT2D eigenvalue weighted by Crippen LogP contribution is -2.46. The number of nitrogens with zero attached hydrogens (tertiary/aromatic N) is 3. The van der Waals surface area contributed by atoms with Crippen molar-refractivity contribution in [3.8, 4) is 11.8 Å². The first kappa shape index (κ1) is 29.1. The van der Waals surface area contributed by atoms with Gasteiger partial charge in [0.15, 0.2) is 16.5 Å². The molecular formula is C14H18FN4O13P3S. The van der Waals surface area contributed by atoms with Crippen molar-refractivity contribution < 1.29 is 65.8 Å². The van der Waals surface area contributed by atoms with Gasteiger partial charge in [-0.25, -0.2) is 28.1 Å². The third-order valence-corrected chi connectivity index (χ3v) is 8.56. The second kappa shape index (κ2) is 10.4. The zero-order valence-electron chi connectivity index (χ0n) is 17.7. The van der Waals surface area contributed by atoms with Crippen LogP contribution in [0.4, 0.5) is 4.39 Å². The molecule has 0 spiro atoms. The summed E-state index contributed by atoms with van der Waals surface area (Å²) in [5.74, 6) is 4.42. The molecule has 1 aliphatic heterocycles. The maximum atomic E-state index is 12.8. The van der Waals surface area contributed by atoms with Crippen LogP contribution < -0.4 is 0 Å². The molecule has 2 aromatic rings. The first-order chi connectivity index (χ1) is 16.5. The van der Waals surface area contributed by atoms with Crippen molar-refractivity contribution in [2.75, 3.05) is 13.3 Å². The number of aromatic amines is 1. The zero-order valence-corrected chi connectivity index (χ0v) is 21.2. The molecule has 0 aliphatic carbocycles. The SMILES string of the molecule is Cc1nc(=S)c2ncn([C@@H]3O[C@H](COP(=O)(O)OP(=O)(O)OP(=O)(O)O)[C@H](O)C3(O)C#CCF)c2[nH]1. The van der Waals surface area contributed by atoms with Gasteiger partial charge < -0.3 is 39.5 Å². The van der Waals surface area contributed by atoms with Crippen LogP contribution in [0.25, 0.3) is 11.2 Å². The molecule has 2 aromatic heterocycles. The number of halogens is 1. The average molecular weight is 594 g/mol. The predicted octanol–water partition coefficient (Wildman–Crippen LogP) is 0.103. The molecule has 1 fully saturated rings. The van der Waals surface area contributed by atoms with Gasteiger partial charge in [0.1, 0.15) is 35.9 Å². The highest BCUT2D eigenvalue weighted by atomic mass is 32.1. The van der Waals surface area contributed by atoms with Crippen LogP contribution in [0.1, 0.15) is 12.1 Å². The maximum Gasteiger partial charge on any atom is 0.490 e. The number of aromatic nitrogens is 4. The first-order valence-electron chi connectivity index (χ1n) is 9.32. The van der Waals surface area contributed by atoms with Crippen LogP contribution >= 0.6 is 35.7 Å². The summed E-state index contributed by atoms with van der Waals surface area (Å²) in [6.07, 6.45) is -4.21. The Morgan fingerprint density at radius 3 is 2.56 bits per heavy atom. The van der Waals surface area contributed by atoms with Crippen molar-refractivity contribution in [3.63, 3.8) is 0 Å². The number of H-pyrrole nitrogens is 1. The van der Waals surface area contributed by atoms with Gasteiger partial charge in [0.25, 0.3) is 0 Å². The van der Waals surface area contributed by atoms with Gasteiger partial charge in [-0.2, -0.15) is 8.62 Å². The number of aliphatic hydroxyl groups is 2. The van der Waals surface area contributed by atoms with Gasteiger partial charge in [0, 0.05) is 0 Å². The van der Waals surface area contributed by atoms with Gasteiger partial charge in [0.2, 0.25) is 0 Å². The van der Waals surface area contributed by atoms with Crippen LogP contribution in [0.5, 0.6) is 0 Å². The molecule has 6 atom stereocenters. The van der Waals surface area contributed by atoms with E-state index in [1.54, 1.807) is 6.92 Å². The summed E-state index contributed by atoms with van der Waals surface area (Å²) in [6, 6.07) is 0. The molecule has 3 rings (SSSR count). The van der Waals surface area contributed by atoms with Crippen molar-refractivity contribution in [3.05, 3.63) is 16.8 Å². The number of imidazole rings is 1. The van der Waals surface area contributed by atoms with Crippen LogP contribution in [-0.2, 0) is 31.6 Å². The number of hydrogen-bond acceptors (Lipinski definition) is 12. The number of fused-ring (bicyclic) bond motifs is 1. The number of ether oxygens (including phenoxy) is 1. The van der Waals surface area contributed by atoms with Crippen molar-refractivity contribution in [1.82, 2.24) is 19.5 Å². The maximum absolute atomic E-state index is 12.8. The van der Waals surface area contributed by atoms with Crippen LogP contribution in [-0.4, -0.2) is 80.4 Å². The lowest BCUT2D eigenvalue weighted by molar-refractivity contribution is -0.0719.